The third-order valence-corrected chi connectivity index (χ3v) is 3.10. The molecule has 1 heterocycles. The molecule has 0 spiro atoms. The van der Waals surface area contributed by atoms with Gasteiger partial charge in [0.1, 0.15) is 0 Å². The van der Waals surface area contributed by atoms with Crippen molar-refractivity contribution in [3.63, 3.8) is 0 Å². The molecule has 0 saturated carbocycles. The van der Waals surface area contributed by atoms with E-state index in [2.05, 4.69) is 21.6 Å². The fourth-order valence-corrected chi connectivity index (χ4v) is 1.98. The lowest BCUT2D eigenvalue weighted by Gasteiger charge is -2.06. The molecule has 90 valence electrons. The molecule has 1 aromatic heterocycles. The van der Waals surface area contributed by atoms with Crippen molar-refractivity contribution in [3.8, 4) is 0 Å². The maximum atomic E-state index is 5.85. The molecule has 0 aliphatic carbocycles. The topological polar surface area (TPSA) is 40.7 Å². The second-order valence-electron chi connectivity index (χ2n) is 4.15. The van der Waals surface area contributed by atoms with Gasteiger partial charge in [-0.05, 0) is 35.9 Å². The first kappa shape index (κ1) is 11.1. The van der Waals surface area contributed by atoms with Crippen molar-refractivity contribution < 1.29 is 0 Å². The number of nitrogens with one attached hydrogen (secondary N) is 2. The summed E-state index contributed by atoms with van der Waals surface area (Å²) in [6.45, 7) is 0.775. The van der Waals surface area contributed by atoms with Gasteiger partial charge < -0.3 is 5.32 Å². The largest absolute Gasteiger partial charge is 0.381 e. The molecule has 18 heavy (non-hydrogen) atoms. The molecule has 0 atom stereocenters. The lowest BCUT2D eigenvalue weighted by molar-refractivity contribution is 1.12. The molecule has 0 aliphatic heterocycles. The van der Waals surface area contributed by atoms with Gasteiger partial charge in [0, 0.05) is 22.6 Å². The van der Waals surface area contributed by atoms with Crippen LogP contribution in [-0.2, 0) is 6.54 Å². The summed E-state index contributed by atoms with van der Waals surface area (Å²) in [5.74, 6) is 0. The molecular weight excluding hydrogens is 246 g/mol. The van der Waals surface area contributed by atoms with Crippen LogP contribution in [0.2, 0.25) is 5.02 Å². The summed E-state index contributed by atoms with van der Waals surface area (Å²) < 4.78 is 0. The highest BCUT2D eigenvalue weighted by molar-refractivity contribution is 6.30. The number of fused-ring (bicyclic) bond motifs is 1. The minimum atomic E-state index is 0.762. The molecule has 0 amide bonds. The highest BCUT2D eigenvalue weighted by Gasteiger charge is 1.98. The van der Waals surface area contributed by atoms with Crippen LogP contribution in [0.15, 0.2) is 48.7 Å². The van der Waals surface area contributed by atoms with Gasteiger partial charge in [-0.25, -0.2) is 0 Å². The second-order valence-corrected chi connectivity index (χ2v) is 4.59. The van der Waals surface area contributed by atoms with E-state index in [9.17, 15) is 0 Å². The van der Waals surface area contributed by atoms with Crippen LogP contribution < -0.4 is 5.32 Å². The van der Waals surface area contributed by atoms with Crippen LogP contribution >= 0.6 is 11.6 Å². The van der Waals surface area contributed by atoms with Crippen LogP contribution in [0.3, 0.4) is 0 Å². The average Bonchev–Trinajstić information content (AvgIpc) is 2.85. The van der Waals surface area contributed by atoms with Gasteiger partial charge in [-0.3, -0.25) is 5.10 Å². The maximum Gasteiger partial charge on any atom is 0.0670 e. The molecule has 2 N–H and O–H groups in total. The molecule has 4 heteroatoms. The van der Waals surface area contributed by atoms with Crippen LogP contribution in [0.5, 0.6) is 0 Å². The summed E-state index contributed by atoms with van der Waals surface area (Å²) >= 11 is 5.85. The third-order valence-electron chi connectivity index (χ3n) is 2.85. The minimum absolute atomic E-state index is 0.762. The van der Waals surface area contributed by atoms with Crippen LogP contribution in [0.25, 0.3) is 10.9 Å². The Morgan fingerprint density at radius 3 is 2.78 bits per heavy atom. The van der Waals surface area contributed by atoms with Gasteiger partial charge in [0.05, 0.1) is 11.7 Å². The molecule has 3 rings (SSSR count). The van der Waals surface area contributed by atoms with E-state index in [1.54, 1.807) is 0 Å². The highest BCUT2D eigenvalue weighted by Crippen LogP contribution is 2.17. The molecule has 2 aromatic carbocycles. The number of aromatic amines is 1. The average molecular weight is 258 g/mol. The predicted molar refractivity (Wildman–Crippen MR) is 74.9 cm³/mol. The molecule has 0 radical (unpaired) electrons. The van der Waals surface area contributed by atoms with E-state index < -0.39 is 0 Å². The normalized spacial score (nSPS) is 10.7. The summed E-state index contributed by atoms with van der Waals surface area (Å²) in [5, 5.41) is 12.2. The van der Waals surface area contributed by atoms with Gasteiger partial charge >= 0.3 is 0 Å². The Balaban J connectivity index is 1.74. The number of benzene rings is 2. The second kappa shape index (κ2) is 4.70. The highest BCUT2D eigenvalue weighted by atomic mass is 35.5. The summed E-state index contributed by atoms with van der Waals surface area (Å²) in [7, 11) is 0. The van der Waals surface area contributed by atoms with Gasteiger partial charge in [-0.1, -0.05) is 23.7 Å². The van der Waals surface area contributed by atoms with Crippen LogP contribution in [0, 0.1) is 0 Å². The van der Waals surface area contributed by atoms with Gasteiger partial charge in [0.25, 0.3) is 0 Å². The quantitative estimate of drug-likeness (QED) is 0.749. The Hall–Kier alpha value is -2.00. The Bertz CT molecular complexity index is 658. The van der Waals surface area contributed by atoms with Crippen molar-refractivity contribution in [2.24, 2.45) is 0 Å². The van der Waals surface area contributed by atoms with Crippen LogP contribution in [0.4, 0.5) is 5.69 Å². The van der Waals surface area contributed by atoms with Gasteiger partial charge in [-0.2, -0.15) is 5.10 Å². The Labute approximate surface area is 110 Å². The molecular formula is C14H12ClN3. The minimum Gasteiger partial charge on any atom is -0.381 e. The van der Waals surface area contributed by atoms with E-state index in [0.29, 0.717) is 0 Å². The summed E-state index contributed by atoms with van der Waals surface area (Å²) in [4.78, 5) is 0. The van der Waals surface area contributed by atoms with Crippen molar-refractivity contribution in [3.05, 3.63) is 59.2 Å². The molecule has 3 nitrogen and oxygen atoms in total. The maximum absolute atomic E-state index is 5.85. The monoisotopic (exact) mass is 257 g/mol. The van der Waals surface area contributed by atoms with Crippen LogP contribution in [-0.4, -0.2) is 10.2 Å². The zero-order valence-electron chi connectivity index (χ0n) is 9.65. The van der Waals surface area contributed by atoms with Crippen molar-refractivity contribution in [1.29, 1.82) is 0 Å². The molecule has 0 fully saturated rings. The number of H-pyrrole nitrogens is 1. The molecule has 0 aliphatic rings. The number of hydrogen-bond donors (Lipinski definition) is 2. The standard InChI is InChI=1S/C14H12ClN3/c15-12-4-1-10(2-5-12)8-16-13-6-3-11-9-17-18-14(11)7-13/h1-7,9,16H,8H2,(H,17,18). The van der Waals surface area contributed by atoms with E-state index in [0.717, 1.165) is 28.2 Å². The first-order chi connectivity index (χ1) is 8.81. The number of nitrogens with zero attached hydrogens (tertiary/aromatic N) is 1. The number of rotatable bonds is 3. The van der Waals surface area contributed by atoms with Crippen molar-refractivity contribution in [2.75, 3.05) is 5.32 Å². The predicted octanol–water partition coefficient (Wildman–Crippen LogP) is 3.83. The number of hydrogen-bond acceptors (Lipinski definition) is 2. The zero-order valence-corrected chi connectivity index (χ0v) is 10.4. The fourth-order valence-electron chi connectivity index (χ4n) is 1.85. The number of anilines is 1. The first-order valence-electron chi connectivity index (χ1n) is 5.73. The lowest BCUT2D eigenvalue weighted by atomic mass is 10.2. The number of aromatic nitrogens is 2. The Morgan fingerprint density at radius 1 is 1.11 bits per heavy atom. The lowest BCUT2D eigenvalue weighted by Crippen LogP contribution is -1.98. The van der Waals surface area contributed by atoms with Gasteiger partial charge in [0.2, 0.25) is 0 Å². The Morgan fingerprint density at radius 2 is 1.94 bits per heavy atom. The van der Waals surface area contributed by atoms with Crippen molar-refractivity contribution in [1.82, 2.24) is 10.2 Å². The van der Waals surface area contributed by atoms with E-state index in [1.807, 2.05) is 42.6 Å². The van der Waals surface area contributed by atoms with Crippen molar-refractivity contribution >= 4 is 28.2 Å². The van der Waals surface area contributed by atoms with Crippen LogP contribution in [0.1, 0.15) is 5.56 Å². The fraction of sp³-hybridized carbons (Fsp3) is 0.0714. The van der Waals surface area contributed by atoms with E-state index >= 15 is 0 Å². The summed E-state index contributed by atoms with van der Waals surface area (Å²) in [6, 6.07) is 14.0. The van der Waals surface area contributed by atoms with E-state index in [1.165, 1.54) is 5.56 Å². The summed E-state index contributed by atoms with van der Waals surface area (Å²) in [6.07, 6.45) is 1.82. The molecule has 3 aromatic rings. The first-order valence-corrected chi connectivity index (χ1v) is 6.10. The molecule has 0 saturated heterocycles. The Kier molecular flexibility index (Phi) is 2.90. The third kappa shape index (κ3) is 2.31. The van der Waals surface area contributed by atoms with E-state index in [-0.39, 0.29) is 0 Å². The summed E-state index contributed by atoms with van der Waals surface area (Å²) in [5.41, 5.74) is 3.31. The molecule has 0 unspecified atom stereocenters. The van der Waals surface area contributed by atoms with E-state index in [4.69, 9.17) is 11.6 Å². The zero-order chi connectivity index (χ0) is 12.4. The van der Waals surface area contributed by atoms with Gasteiger partial charge in [0.15, 0.2) is 0 Å². The smallest absolute Gasteiger partial charge is 0.0670 e. The molecule has 0 bridgehead atoms. The number of halogens is 1. The van der Waals surface area contributed by atoms with Gasteiger partial charge in [-0.15, -0.1) is 0 Å². The SMILES string of the molecule is Clc1ccc(CNc2ccc3cn[nH]c3c2)cc1. The van der Waals surface area contributed by atoms with Crippen molar-refractivity contribution in [2.45, 2.75) is 6.54 Å².